The van der Waals surface area contributed by atoms with E-state index in [2.05, 4.69) is 4.99 Å². The largest absolute Gasteiger partial charge is 0.480 e. The first-order valence-electron chi connectivity index (χ1n) is 7.72. The van der Waals surface area contributed by atoms with Crippen molar-refractivity contribution in [1.82, 2.24) is 10.3 Å². The number of aliphatic carboxylic acids is 1. The minimum atomic E-state index is -1.02. The summed E-state index contributed by atoms with van der Waals surface area (Å²) in [5.74, 6) is -1.49. The highest BCUT2D eigenvalue weighted by Crippen LogP contribution is 2.23. The van der Waals surface area contributed by atoms with Gasteiger partial charge in [-0.1, -0.05) is 12.3 Å². The topological polar surface area (TPSA) is 177 Å². The van der Waals surface area contributed by atoms with Crippen LogP contribution < -0.4 is 16.9 Å². The van der Waals surface area contributed by atoms with Crippen molar-refractivity contribution in [3.8, 4) is 0 Å². The van der Waals surface area contributed by atoms with Crippen LogP contribution in [0.3, 0.4) is 0 Å². The van der Waals surface area contributed by atoms with E-state index in [1.807, 2.05) is 6.92 Å². The van der Waals surface area contributed by atoms with Crippen LogP contribution in [0.4, 0.5) is 0 Å². The molecular weight excluding hydrogens is 391 g/mol. The third kappa shape index (κ3) is 8.50. The van der Waals surface area contributed by atoms with Gasteiger partial charge in [0.15, 0.2) is 5.03 Å². The van der Waals surface area contributed by atoms with Gasteiger partial charge in [-0.05, 0) is 31.6 Å². The molecule has 1 fully saturated rings. The molecule has 1 rings (SSSR count). The molecule has 0 spiro atoms. The highest BCUT2D eigenvalue weighted by atomic mass is 35.5. The average Bonchev–Trinajstić information content (AvgIpc) is 2.49. The Morgan fingerprint density at radius 1 is 1.46 bits per heavy atom. The maximum atomic E-state index is 12.4. The number of nitrogens with two attached hydrogens (primary N) is 2. The first-order chi connectivity index (χ1) is 11.2. The lowest BCUT2D eigenvalue weighted by atomic mass is 9.91. The molecule has 11 nitrogen and oxygen atoms in total. The van der Waals surface area contributed by atoms with Crippen LogP contribution in [-0.2, 0) is 9.59 Å². The number of guanidine groups is 1. The van der Waals surface area contributed by atoms with Gasteiger partial charge < -0.3 is 21.5 Å². The zero-order chi connectivity index (χ0) is 18.3. The minimum absolute atomic E-state index is 0. The second-order valence-corrected chi connectivity index (χ2v) is 5.90. The van der Waals surface area contributed by atoms with Crippen molar-refractivity contribution in [2.75, 3.05) is 13.1 Å². The Labute approximate surface area is 163 Å². The fourth-order valence-electron chi connectivity index (χ4n) is 2.62. The van der Waals surface area contributed by atoms with E-state index >= 15 is 0 Å². The van der Waals surface area contributed by atoms with Crippen LogP contribution >= 0.6 is 24.8 Å². The summed E-state index contributed by atoms with van der Waals surface area (Å²) in [6.45, 7) is 2.51. The van der Waals surface area contributed by atoms with Gasteiger partial charge in [0, 0.05) is 13.1 Å². The van der Waals surface area contributed by atoms with Crippen LogP contribution in [0, 0.1) is 16.0 Å². The second-order valence-electron chi connectivity index (χ2n) is 5.90. The van der Waals surface area contributed by atoms with Crippen LogP contribution in [0.5, 0.6) is 0 Å². The van der Waals surface area contributed by atoms with Crippen molar-refractivity contribution in [1.29, 1.82) is 0 Å². The summed E-state index contributed by atoms with van der Waals surface area (Å²) in [5.41, 5.74) is 12.8. The van der Waals surface area contributed by atoms with E-state index in [0.29, 0.717) is 19.4 Å². The van der Waals surface area contributed by atoms with Gasteiger partial charge in [-0.2, -0.15) is 0 Å². The van der Waals surface area contributed by atoms with E-state index in [0.717, 1.165) is 6.42 Å². The molecule has 13 heteroatoms. The number of nitrogens with one attached hydrogen (secondary N) is 1. The van der Waals surface area contributed by atoms with Gasteiger partial charge in [-0.25, -0.2) is 19.9 Å². The molecule has 0 aromatic carbocycles. The molecule has 152 valence electrons. The number of halogens is 2. The Kier molecular flexibility index (Phi) is 12.7. The van der Waals surface area contributed by atoms with E-state index < -0.39 is 29.0 Å². The van der Waals surface area contributed by atoms with Crippen molar-refractivity contribution in [3.05, 3.63) is 10.1 Å². The number of hydrogen-bond acceptors (Lipinski definition) is 6. The van der Waals surface area contributed by atoms with Crippen molar-refractivity contribution in [3.63, 3.8) is 0 Å². The molecule has 1 heterocycles. The van der Waals surface area contributed by atoms with Crippen LogP contribution in [0.1, 0.15) is 32.6 Å². The summed E-state index contributed by atoms with van der Waals surface area (Å²) in [6.07, 6.45) is 1.85. The van der Waals surface area contributed by atoms with Gasteiger partial charge in [0.25, 0.3) is 5.96 Å². The lowest BCUT2D eigenvalue weighted by molar-refractivity contribution is -0.525. The maximum Gasteiger partial charge on any atom is 0.326 e. The number of amides is 1. The quantitative estimate of drug-likeness (QED) is 0.144. The van der Waals surface area contributed by atoms with Gasteiger partial charge in [0.1, 0.15) is 6.04 Å². The highest BCUT2D eigenvalue weighted by Gasteiger charge is 2.36. The normalized spacial score (nSPS) is 21.0. The molecule has 1 aliphatic rings. The number of aliphatic imine (C=N–C) groups is 1. The lowest BCUT2D eigenvalue weighted by Gasteiger charge is -2.37. The maximum absolute atomic E-state index is 12.4. The Morgan fingerprint density at radius 2 is 2.08 bits per heavy atom. The third-order valence-corrected chi connectivity index (χ3v) is 3.91. The van der Waals surface area contributed by atoms with E-state index in [4.69, 9.17) is 11.5 Å². The monoisotopic (exact) mass is 416 g/mol. The van der Waals surface area contributed by atoms with Gasteiger partial charge in [0.05, 0.1) is 6.04 Å². The fourth-order valence-corrected chi connectivity index (χ4v) is 2.62. The van der Waals surface area contributed by atoms with E-state index in [1.54, 1.807) is 5.43 Å². The van der Waals surface area contributed by atoms with Crippen molar-refractivity contribution < 1.29 is 19.7 Å². The molecular formula is C13H26Cl2N6O5. The third-order valence-electron chi connectivity index (χ3n) is 3.91. The molecule has 0 radical (unpaired) electrons. The average molecular weight is 417 g/mol. The number of nitrogens with zero attached hydrogens (tertiary/aromatic N) is 3. The Hall–Kier alpha value is -1.85. The number of rotatable bonds is 7. The van der Waals surface area contributed by atoms with Crippen LogP contribution in [-0.4, -0.2) is 58.0 Å². The predicted molar refractivity (Wildman–Crippen MR) is 99.9 cm³/mol. The fraction of sp³-hybridized carbons (Fsp3) is 0.769. The number of carbonyl (C=O) groups excluding carboxylic acids is 1. The number of piperidine rings is 1. The van der Waals surface area contributed by atoms with E-state index in [-0.39, 0.29) is 49.7 Å². The predicted octanol–water partition coefficient (Wildman–Crippen LogP) is -0.255. The van der Waals surface area contributed by atoms with Crippen molar-refractivity contribution >= 4 is 42.7 Å². The Bertz CT molecular complexity index is 521. The molecule has 1 amide bonds. The van der Waals surface area contributed by atoms with E-state index in [1.165, 1.54) is 4.90 Å². The number of carboxylic acid groups (broad SMARTS) is 1. The smallest absolute Gasteiger partial charge is 0.326 e. The van der Waals surface area contributed by atoms with Crippen LogP contribution in [0.15, 0.2) is 4.99 Å². The molecule has 1 aliphatic heterocycles. The van der Waals surface area contributed by atoms with Gasteiger partial charge >= 0.3 is 5.97 Å². The molecule has 0 aromatic rings. The van der Waals surface area contributed by atoms with Gasteiger partial charge in [-0.3, -0.25) is 4.79 Å². The second kappa shape index (κ2) is 12.5. The Morgan fingerprint density at radius 3 is 2.62 bits per heavy atom. The standard InChI is InChI=1S/C13H24N6O5.2ClH/c1-8-4-6-18(10(7-8)12(21)22)11(20)9(14)3-2-5-16-13(15)17-19(23)24;;/h8-10H,2-7,14H2,1H3,(H,21,22)(H3,15,16,17);2*1H/t8-,9?,10-;;/m1../s1. The molecule has 0 saturated carbocycles. The molecule has 3 atom stereocenters. The van der Waals surface area contributed by atoms with Crippen LogP contribution in [0.25, 0.3) is 0 Å². The summed E-state index contributed by atoms with van der Waals surface area (Å²) in [7, 11) is 0. The Balaban J connectivity index is 0. The van der Waals surface area contributed by atoms with Crippen molar-refractivity contribution in [2.24, 2.45) is 22.4 Å². The number of hydrazine groups is 1. The zero-order valence-electron chi connectivity index (χ0n) is 14.4. The van der Waals surface area contributed by atoms with E-state index in [9.17, 15) is 24.8 Å². The van der Waals surface area contributed by atoms with Gasteiger partial charge in [-0.15, -0.1) is 24.8 Å². The molecule has 1 unspecified atom stereocenters. The van der Waals surface area contributed by atoms with Crippen molar-refractivity contribution in [2.45, 2.75) is 44.7 Å². The van der Waals surface area contributed by atoms with Crippen LogP contribution in [0.2, 0.25) is 0 Å². The first kappa shape index (κ1) is 26.4. The summed E-state index contributed by atoms with van der Waals surface area (Å²) in [4.78, 5) is 38.9. The molecule has 1 saturated heterocycles. The number of carboxylic acids is 1. The lowest BCUT2D eigenvalue weighted by Crippen LogP contribution is -2.54. The summed E-state index contributed by atoms with van der Waals surface area (Å²) in [6, 6.07) is -1.68. The molecule has 0 bridgehead atoms. The minimum Gasteiger partial charge on any atom is -0.480 e. The number of likely N-dealkylation sites (tertiary alicyclic amines) is 1. The number of carbonyl (C=O) groups is 2. The number of hydrogen-bond donors (Lipinski definition) is 4. The summed E-state index contributed by atoms with van der Waals surface area (Å²) >= 11 is 0. The molecule has 0 aliphatic carbocycles. The summed E-state index contributed by atoms with van der Waals surface area (Å²) < 4.78 is 0. The first-order valence-corrected chi connectivity index (χ1v) is 7.72. The SMILES string of the molecule is C[C@@H]1CCN(C(=O)C(N)CCCN=C(N)N[N+](=O)[O-])[C@@H](C(=O)O)C1.Cl.Cl. The highest BCUT2D eigenvalue weighted by molar-refractivity contribution is 5.87. The molecule has 26 heavy (non-hydrogen) atoms. The number of nitro groups is 1. The molecule has 6 N–H and O–H groups in total. The molecule has 0 aromatic heterocycles. The summed E-state index contributed by atoms with van der Waals surface area (Å²) in [5, 5.41) is 18.6. The zero-order valence-corrected chi connectivity index (χ0v) is 16.0. The van der Waals surface area contributed by atoms with Gasteiger partial charge in [0.2, 0.25) is 5.91 Å².